The van der Waals surface area contributed by atoms with E-state index in [1.807, 2.05) is 0 Å². The Morgan fingerprint density at radius 2 is 1.96 bits per heavy atom. The Bertz CT molecular complexity index is 735. The Morgan fingerprint density at radius 3 is 2.57 bits per heavy atom. The molecular weight excluding hydrogens is 379 g/mol. The predicted octanol–water partition coefficient (Wildman–Crippen LogP) is 3.75. The molecule has 1 saturated heterocycles. The number of hydrogen-bond donors (Lipinski definition) is 0. The van der Waals surface area contributed by atoms with Gasteiger partial charge in [-0.15, -0.1) is 0 Å². The fraction of sp³-hybridized carbons (Fsp3) is 0.526. The standard InChI is InChI=1S/C19H22F3NO5/c1-3-28-17(25)11-16(24)13-7-8-23(18(26)27-2)15(10-13)12-5-4-6-14(9-12)19(20,21)22/h4-6,9,13,15H,3,7-8,10-11H2,1-2H3. The summed E-state index contributed by atoms with van der Waals surface area (Å²) >= 11 is 0. The maximum absolute atomic E-state index is 13.1. The molecule has 1 heterocycles. The van der Waals surface area contributed by atoms with Gasteiger partial charge >= 0.3 is 18.2 Å². The van der Waals surface area contributed by atoms with Crippen LogP contribution in [0.3, 0.4) is 0 Å². The highest BCUT2D eigenvalue weighted by atomic mass is 19.4. The maximum Gasteiger partial charge on any atom is 0.416 e. The number of piperidine rings is 1. The summed E-state index contributed by atoms with van der Waals surface area (Å²) in [6.45, 7) is 1.91. The van der Waals surface area contributed by atoms with Crippen molar-refractivity contribution in [3.8, 4) is 0 Å². The minimum atomic E-state index is -4.53. The molecule has 1 fully saturated rings. The van der Waals surface area contributed by atoms with E-state index in [9.17, 15) is 27.6 Å². The lowest BCUT2D eigenvalue weighted by atomic mass is 9.83. The maximum atomic E-state index is 13.1. The van der Waals surface area contributed by atoms with Crippen LogP contribution >= 0.6 is 0 Å². The highest BCUT2D eigenvalue weighted by Crippen LogP contribution is 2.38. The van der Waals surface area contributed by atoms with E-state index in [4.69, 9.17) is 9.47 Å². The highest BCUT2D eigenvalue weighted by molar-refractivity contribution is 5.97. The monoisotopic (exact) mass is 401 g/mol. The summed E-state index contributed by atoms with van der Waals surface area (Å²) in [7, 11) is 1.18. The lowest BCUT2D eigenvalue weighted by Gasteiger charge is -2.38. The summed E-state index contributed by atoms with van der Waals surface area (Å²) in [5, 5.41) is 0. The summed E-state index contributed by atoms with van der Waals surface area (Å²) in [5.74, 6) is -1.55. The second-order valence-corrected chi connectivity index (χ2v) is 6.47. The van der Waals surface area contributed by atoms with Crippen LogP contribution in [0, 0.1) is 5.92 Å². The topological polar surface area (TPSA) is 72.9 Å². The number of carbonyl (C=O) groups excluding carboxylic acids is 3. The zero-order valence-corrected chi connectivity index (χ0v) is 15.6. The van der Waals surface area contributed by atoms with Crippen molar-refractivity contribution in [2.45, 2.75) is 38.4 Å². The molecule has 0 spiro atoms. The van der Waals surface area contributed by atoms with Crippen molar-refractivity contribution in [2.75, 3.05) is 20.3 Å². The molecule has 2 rings (SSSR count). The van der Waals surface area contributed by atoms with Crippen LogP contribution in [0.25, 0.3) is 0 Å². The molecule has 1 amide bonds. The minimum absolute atomic E-state index is 0.106. The van der Waals surface area contributed by atoms with Gasteiger partial charge in [-0.3, -0.25) is 9.59 Å². The molecule has 1 aromatic carbocycles. The third kappa shape index (κ3) is 5.24. The van der Waals surface area contributed by atoms with Crippen LogP contribution in [0.5, 0.6) is 0 Å². The van der Waals surface area contributed by atoms with Crippen molar-refractivity contribution < 1.29 is 37.0 Å². The van der Waals surface area contributed by atoms with Gasteiger partial charge in [0.1, 0.15) is 12.2 Å². The molecule has 2 atom stereocenters. The number of amides is 1. The molecule has 2 unspecified atom stereocenters. The normalized spacial score (nSPS) is 19.8. The van der Waals surface area contributed by atoms with Crippen LogP contribution < -0.4 is 0 Å². The summed E-state index contributed by atoms with van der Waals surface area (Å²) in [6.07, 6.45) is -5.21. The summed E-state index contributed by atoms with van der Waals surface area (Å²) in [4.78, 5) is 37.4. The van der Waals surface area contributed by atoms with Crippen molar-refractivity contribution in [1.29, 1.82) is 0 Å². The van der Waals surface area contributed by atoms with Gasteiger partial charge in [-0.25, -0.2) is 4.79 Å². The van der Waals surface area contributed by atoms with Crippen LogP contribution in [-0.4, -0.2) is 43.0 Å². The molecule has 0 aliphatic carbocycles. The number of Topliss-reactive ketones (excluding diaryl/α,β-unsaturated/α-hetero) is 1. The van der Waals surface area contributed by atoms with E-state index in [2.05, 4.69) is 0 Å². The number of benzene rings is 1. The summed E-state index contributed by atoms with van der Waals surface area (Å²) in [5.41, 5.74) is -0.580. The number of alkyl halides is 3. The molecule has 0 aromatic heterocycles. The molecule has 0 N–H and O–H groups in total. The average molecular weight is 401 g/mol. The second-order valence-electron chi connectivity index (χ2n) is 6.47. The minimum Gasteiger partial charge on any atom is -0.466 e. The number of carbonyl (C=O) groups is 3. The molecule has 28 heavy (non-hydrogen) atoms. The molecular formula is C19H22F3NO5. The number of esters is 1. The lowest BCUT2D eigenvalue weighted by molar-refractivity contribution is -0.147. The Labute approximate surface area is 160 Å². The Balaban J connectivity index is 2.27. The van der Waals surface area contributed by atoms with Crippen molar-refractivity contribution in [3.63, 3.8) is 0 Å². The average Bonchev–Trinajstić information content (AvgIpc) is 2.66. The molecule has 1 aromatic rings. The first-order valence-corrected chi connectivity index (χ1v) is 8.87. The van der Waals surface area contributed by atoms with E-state index in [0.717, 1.165) is 12.1 Å². The van der Waals surface area contributed by atoms with Gasteiger partial charge in [0.15, 0.2) is 0 Å². The molecule has 6 nitrogen and oxygen atoms in total. The quantitative estimate of drug-likeness (QED) is 0.555. The number of nitrogens with zero attached hydrogens (tertiary/aromatic N) is 1. The number of likely N-dealkylation sites (tertiary alicyclic amines) is 1. The summed E-state index contributed by atoms with van der Waals surface area (Å²) < 4.78 is 48.7. The van der Waals surface area contributed by atoms with Crippen LogP contribution in [0.1, 0.15) is 43.4 Å². The van der Waals surface area contributed by atoms with Gasteiger partial charge in [0.05, 0.1) is 25.3 Å². The third-order valence-electron chi connectivity index (χ3n) is 4.69. The van der Waals surface area contributed by atoms with E-state index >= 15 is 0 Å². The van der Waals surface area contributed by atoms with Crippen molar-refractivity contribution in [1.82, 2.24) is 4.90 Å². The molecule has 1 aliphatic heterocycles. The van der Waals surface area contributed by atoms with E-state index in [1.54, 1.807) is 6.92 Å². The van der Waals surface area contributed by atoms with Crippen molar-refractivity contribution in [3.05, 3.63) is 35.4 Å². The Hall–Kier alpha value is -2.58. The van der Waals surface area contributed by atoms with Gasteiger partial charge < -0.3 is 14.4 Å². The van der Waals surface area contributed by atoms with E-state index in [0.29, 0.717) is 6.42 Å². The number of rotatable bonds is 5. The molecule has 1 aliphatic rings. The first kappa shape index (κ1) is 21.7. The first-order valence-electron chi connectivity index (χ1n) is 8.87. The van der Waals surface area contributed by atoms with E-state index in [-0.39, 0.29) is 30.9 Å². The first-order chi connectivity index (χ1) is 13.2. The molecule has 0 bridgehead atoms. The van der Waals surface area contributed by atoms with Crippen LogP contribution in [0.4, 0.5) is 18.0 Å². The van der Waals surface area contributed by atoms with Crippen LogP contribution in [0.2, 0.25) is 0 Å². The Morgan fingerprint density at radius 1 is 1.25 bits per heavy atom. The van der Waals surface area contributed by atoms with Crippen LogP contribution in [0.15, 0.2) is 24.3 Å². The van der Waals surface area contributed by atoms with Crippen LogP contribution in [-0.2, 0) is 25.2 Å². The van der Waals surface area contributed by atoms with Gasteiger partial charge in [0.25, 0.3) is 0 Å². The van der Waals surface area contributed by atoms with Crippen molar-refractivity contribution >= 4 is 17.8 Å². The molecule has 0 radical (unpaired) electrons. The van der Waals surface area contributed by atoms with Gasteiger partial charge in [0.2, 0.25) is 0 Å². The lowest BCUT2D eigenvalue weighted by Crippen LogP contribution is -2.43. The number of ketones is 1. The number of hydrogen-bond acceptors (Lipinski definition) is 5. The van der Waals surface area contributed by atoms with Gasteiger partial charge in [0, 0.05) is 12.5 Å². The van der Waals surface area contributed by atoms with Crippen molar-refractivity contribution in [2.24, 2.45) is 5.92 Å². The zero-order chi connectivity index (χ0) is 20.9. The van der Waals surface area contributed by atoms with Gasteiger partial charge in [-0.05, 0) is 37.5 Å². The smallest absolute Gasteiger partial charge is 0.416 e. The number of halogens is 3. The zero-order valence-electron chi connectivity index (χ0n) is 15.6. The fourth-order valence-corrected chi connectivity index (χ4v) is 3.33. The number of methoxy groups -OCH3 is 1. The SMILES string of the molecule is CCOC(=O)CC(=O)C1CCN(C(=O)OC)C(c2cccc(C(F)(F)F)c2)C1. The molecule has 154 valence electrons. The fourth-order valence-electron chi connectivity index (χ4n) is 3.33. The molecule has 9 heteroatoms. The third-order valence-corrected chi connectivity index (χ3v) is 4.69. The van der Waals surface area contributed by atoms with E-state index in [1.165, 1.54) is 24.1 Å². The second kappa shape index (κ2) is 9.07. The largest absolute Gasteiger partial charge is 0.466 e. The Kier molecular flexibility index (Phi) is 7.04. The van der Waals surface area contributed by atoms with E-state index < -0.39 is 42.2 Å². The van der Waals surface area contributed by atoms with Gasteiger partial charge in [-0.1, -0.05) is 12.1 Å². The van der Waals surface area contributed by atoms with Gasteiger partial charge in [-0.2, -0.15) is 13.2 Å². The number of ether oxygens (including phenoxy) is 2. The predicted molar refractivity (Wildman–Crippen MR) is 92.3 cm³/mol. The summed E-state index contributed by atoms with van der Waals surface area (Å²) in [6, 6.07) is 3.89. The highest BCUT2D eigenvalue weighted by Gasteiger charge is 2.38. The molecule has 0 saturated carbocycles.